The van der Waals surface area contributed by atoms with Crippen molar-refractivity contribution in [3.63, 3.8) is 0 Å². The topological polar surface area (TPSA) is 30.9 Å². The monoisotopic (exact) mass is 321 g/mol. The van der Waals surface area contributed by atoms with Gasteiger partial charge in [-0.1, -0.05) is 12.1 Å². The Morgan fingerprint density at radius 3 is 2.91 bits per heavy atom. The Labute approximate surface area is 147 Å². The predicted octanol–water partition coefficient (Wildman–Crippen LogP) is 1.75. The highest BCUT2D eigenvalue weighted by molar-refractivity contribution is 7.09. The van der Waals surface area contributed by atoms with E-state index in [0.717, 1.165) is 4.90 Å². The van der Waals surface area contributed by atoms with Crippen molar-refractivity contribution in [2.45, 2.75) is 6.92 Å². The first-order valence-corrected chi connectivity index (χ1v) is 7.63. The smallest absolute Gasteiger partial charge is 0.127 e. The van der Waals surface area contributed by atoms with Gasteiger partial charge in [0.05, 0.1) is 23.4 Å². The number of nitrogens with one attached hydrogen (secondary N) is 1. The molecule has 0 bridgehead atoms. The van der Waals surface area contributed by atoms with Gasteiger partial charge >= 0.3 is 0 Å². The molecule has 4 rings (SSSR count). The van der Waals surface area contributed by atoms with Crippen LogP contribution in [0.5, 0.6) is 0 Å². The molecule has 114 valence electrons. The van der Waals surface area contributed by atoms with Crippen molar-refractivity contribution >= 4 is 28.5 Å². The fraction of sp³-hybridized carbons (Fsp3) is 0.353. The first-order valence-electron chi connectivity index (χ1n) is 11.3. The molecule has 2 aliphatic heterocycles. The zero-order valence-corrected chi connectivity index (χ0v) is 13.0. The van der Waals surface area contributed by atoms with E-state index in [1.54, 1.807) is 6.92 Å². The molecule has 1 N–H and O–H groups in total. The summed E-state index contributed by atoms with van der Waals surface area (Å²) >= 11 is 1.19. The van der Waals surface area contributed by atoms with Gasteiger partial charge in [-0.05, 0) is 32.1 Å². The highest BCUT2D eigenvalue weighted by atomic mass is 32.1. The summed E-state index contributed by atoms with van der Waals surface area (Å²) in [5.74, 6) is 0.206. The average molecular weight is 321 g/mol. The lowest BCUT2D eigenvalue weighted by Crippen LogP contribution is -2.47. The third-order valence-electron chi connectivity index (χ3n) is 3.44. The van der Waals surface area contributed by atoms with Crippen molar-refractivity contribution in [1.82, 2.24) is 9.80 Å². The molecule has 0 saturated carbocycles. The number of nitrogens with zero attached hydrogens (tertiary/aromatic N) is 3. The summed E-state index contributed by atoms with van der Waals surface area (Å²) in [7, 11) is 1.37. The summed E-state index contributed by atoms with van der Waals surface area (Å²) in [6.45, 7) is -2.73. The van der Waals surface area contributed by atoms with Crippen LogP contribution in [-0.4, -0.2) is 42.9 Å². The molecule has 0 amide bonds. The molecule has 5 heteroatoms. The number of anilines is 1. The summed E-state index contributed by atoms with van der Waals surface area (Å²) in [6, 6.07) is -1.39. The van der Waals surface area contributed by atoms with Gasteiger partial charge in [-0.25, -0.2) is 4.99 Å². The molecule has 0 radical (unpaired) electrons. The van der Waals surface area contributed by atoms with E-state index in [0.29, 0.717) is 14.8 Å². The Bertz CT molecular complexity index is 1210. The Kier molecular flexibility index (Phi) is 1.76. The highest BCUT2D eigenvalue weighted by Gasteiger charge is 2.20. The fourth-order valence-corrected chi connectivity index (χ4v) is 3.17. The summed E-state index contributed by atoms with van der Waals surface area (Å²) < 4.78 is 74.6. The van der Waals surface area contributed by atoms with Crippen molar-refractivity contribution in [3.05, 3.63) is 45.0 Å². The van der Waals surface area contributed by atoms with E-state index in [1.165, 1.54) is 23.3 Å². The molecule has 0 spiro atoms. The Hall–Kier alpha value is -1.85. The van der Waals surface area contributed by atoms with Gasteiger partial charge in [-0.2, -0.15) is 0 Å². The van der Waals surface area contributed by atoms with E-state index < -0.39 is 25.1 Å². The molecule has 1 aromatic carbocycles. The minimum atomic E-state index is -2.02. The number of rotatable bonds is 1. The first kappa shape index (κ1) is 7.15. The second-order valence-electron chi connectivity index (χ2n) is 5.00. The summed E-state index contributed by atoms with van der Waals surface area (Å²) in [6.07, 6.45) is 0. The maximum absolute atomic E-state index is 8.53. The molecule has 1 aromatic heterocycles. The lowest BCUT2D eigenvalue weighted by atomic mass is 10.2. The van der Waals surface area contributed by atoms with Crippen molar-refractivity contribution < 1.29 is 12.3 Å². The van der Waals surface area contributed by atoms with Crippen LogP contribution >= 0.6 is 11.3 Å². The number of hydrogen-bond acceptors (Lipinski definition) is 5. The number of thiophene rings is 1. The van der Waals surface area contributed by atoms with Gasteiger partial charge in [0, 0.05) is 36.4 Å². The highest BCUT2D eigenvalue weighted by Crippen LogP contribution is 2.27. The van der Waals surface area contributed by atoms with Crippen LogP contribution in [0.1, 0.15) is 17.2 Å². The zero-order valence-electron chi connectivity index (χ0n) is 21.2. The molecule has 0 unspecified atom stereocenters. The molecule has 0 aliphatic carbocycles. The normalized spacial score (nSPS) is 28.5. The largest absolute Gasteiger partial charge is 0.355 e. The molecule has 2 aromatic rings. The van der Waals surface area contributed by atoms with Crippen LogP contribution in [0.4, 0.5) is 11.4 Å². The first-order chi connectivity index (χ1) is 14.3. The van der Waals surface area contributed by atoms with Gasteiger partial charge in [0.15, 0.2) is 0 Å². The summed E-state index contributed by atoms with van der Waals surface area (Å²) in [4.78, 5) is 7.58. The zero-order chi connectivity index (χ0) is 23.0. The van der Waals surface area contributed by atoms with Crippen molar-refractivity contribution in [1.29, 1.82) is 0 Å². The number of benzene rings is 1. The van der Waals surface area contributed by atoms with Crippen LogP contribution in [0.3, 0.4) is 0 Å². The molecule has 1 fully saturated rings. The predicted molar refractivity (Wildman–Crippen MR) is 92.0 cm³/mol. The van der Waals surface area contributed by atoms with Crippen molar-refractivity contribution in [2.24, 2.45) is 4.99 Å². The van der Waals surface area contributed by atoms with Gasteiger partial charge in [-0.15, -0.1) is 11.3 Å². The molecule has 3 heterocycles. The van der Waals surface area contributed by atoms with Crippen LogP contribution in [0.25, 0.3) is 5.82 Å². The maximum atomic E-state index is 8.53. The lowest BCUT2D eigenvalue weighted by Gasteiger charge is -2.35. The summed E-state index contributed by atoms with van der Waals surface area (Å²) in [5.41, 5.74) is 0.0187. The van der Waals surface area contributed by atoms with Crippen LogP contribution in [0.2, 0.25) is 0 Å². The van der Waals surface area contributed by atoms with E-state index in [9.17, 15) is 0 Å². The van der Waals surface area contributed by atoms with Gasteiger partial charge < -0.3 is 15.1 Å². The quantitative estimate of drug-likeness (QED) is 0.868. The molecule has 0 atom stereocenters. The molecule has 1 saturated heterocycles. The van der Waals surface area contributed by atoms with Crippen LogP contribution in [-0.2, 0) is 0 Å². The van der Waals surface area contributed by atoms with E-state index in [-0.39, 0.29) is 48.4 Å². The van der Waals surface area contributed by atoms with E-state index >= 15 is 0 Å². The number of para-hydroxylation sites is 2. The van der Waals surface area contributed by atoms with E-state index in [2.05, 4.69) is 10.3 Å². The van der Waals surface area contributed by atoms with Crippen molar-refractivity contribution in [3.8, 4) is 0 Å². The molecular weight excluding hydrogens is 292 g/mol. The van der Waals surface area contributed by atoms with Crippen LogP contribution < -0.4 is 15.2 Å². The second kappa shape index (κ2) is 5.41. The van der Waals surface area contributed by atoms with Crippen molar-refractivity contribution in [2.75, 3.05) is 38.4 Å². The third-order valence-corrected chi connectivity index (χ3v) is 4.34. The van der Waals surface area contributed by atoms with Gasteiger partial charge in [0.25, 0.3) is 0 Å². The van der Waals surface area contributed by atoms with Gasteiger partial charge in [0.1, 0.15) is 10.5 Å². The standard InChI is InChI=1S/C17H20N4S/c1-12-11-13-16(21-9-7-20(2)8-10-21)18-14-5-3-4-6-15(14)19-17(13)22-12/h3-6,11,18H,7-10H2,1-2H3/i3D,4D,5D,6D,7D2,8D2,11D. The molecule has 22 heavy (non-hydrogen) atoms. The number of likely N-dealkylation sites (N-methyl/N-ethyl adjacent to an activating group) is 1. The van der Waals surface area contributed by atoms with E-state index in [1.807, 2.05) is 0 Å². The second-order valence-corrected chi connectivity index (χ2v) is 6.21. The molecular formula is C17H20N4S. The minimum absolute atomic E-state index is 0.00338. The third kappa shape index (κ3) is 2.40. The SMILES string of the molecule is [2H]c1c([2H])c([2H])c2c(c1[2H])N=c1sc(C)c([2H])c1=C(N1CC([2H])([2H])N(C)C([2H])([2H])C1)N2. The van der Waals surface area contributed by atoms with Crippen LogP contribution in [0.15, 0.2) is 35.2 Å². The van der Waals surface area contributed by atoms with E-state index in [4.69, 9.17) is 12.3 Å². The fourth-order valence-electron chi connectivity index (χ4n) is 2.34. The average Bonchev–Trinajstić information content (AvgIpc) is 2.85. The van der Waals surface area contributed by atoms with Gasteiger partial charge in [-0.3, -0.25) is 0 Å². The van der Waals surface area contributed by atoms with Crippen LogP contribution in [0, 0.1) is 6.92 Å². The maximum Gasteiger partial charge on any atom is 0.127 e. The molecule has 2 aliphatic rings. The minimum Gasteiger partial charge on any atom is -0.355 e. The Morgan fingerprint density at radius 2 is 2.09 bits per heavy atom. The number of aryl methyl sites for hydroxylation is 1. The Morgan fingerprint density at radius 1 is 1.32 bits per heavy atom. The Balaban J connectivity index is 2.02. The number of hydrogen-bond donors (Lipinski definition) is 1. The summed E-state index contributed by atoms with van der Waals surface area (Å²) in [5, 5.41) is 3.31. The van der Waals surface area contributed by atoms with Gasteiger partial charge in [0.2, 0.25) is 0 Å². The lowest BCUT2D eigenvalue weighted by molar-refractivity contribution is 0.206. The molecule has 4 nitrogen and oxygen atoms in total. The number of fused-ring (bicyclic) bond motifs is 2. The number of piperazine rings is 1.